The second-order valence-electron chi connectivity index (χ2n) is 3.77. The summed E-state index contributed by atoms with van der Waals surface area (Å²) >= 11 is 0. The SMILES string of the molecule is CCOC(=O)c1ccccc1/N=N/c1ccccc1. The molecule has 0 unspecified atom stereocenters. The highest BCUT2D eigenvalue weighted by Crippen LogP contribution is 2.22. The lowest BCUT2D eigenvalue weighted by Gasteiger charge is -2.03. The Hall–Kier alpha value is -2.49. The fourth-order valence-corrected chi connectivity index (χ4v) is 1.55. The maximum absolute atomic E-state index is 11.8. The number of carbonyl (C=O) groups is 1. The van der Waals surface area contributed by atoms with Crippen molar-refractivity contribution < 1.29 is 9.53 Å². The van der Waals surface area contributed by atoms with Crippen LogP contribution >= 0.6 is 0 Å². The average Bonchev–Trinajstić information content (AvgIpc) is 2.47. The summed E-state index contributed by atoms with van der Waals surface area (Å²) in [6.07, 6.45) is 0. The maximum atomic E-state index is 11.8. The van der Waals surface area contributed by atoms with Gasteiger partial charge in [-0.2, -0.15) is 5.11 Å². The summed E-state index contributed by atoms with van der Waals surface area (Å²) in [6.45, 7) is 2.11. The molecule has 0 radical (unpaired) electrons. The molecule has 0 aromatic heterocycles. The minimum Gasteiger partial charge on any atom is -0.462 e. The highest BCUT2D eigenvalue weighted by molar-refractivity contribution is 5.94. The van der Waals surface area contributed by atoms with Crippen LogP contribution in [0.3, 0.4) is 0 Å². The normalized spacial score (nSPS) is 10.6. The minimum absolute atomic E-state index is 0.336. The molecule has 4 nitrogen and oxygen atoms in total. The zero-order valence-corrected chi connectivity index (χ0v) is 10.6. The molecule has 2 aromatic rings. The van der Waals surface area contributed by atoms with Crippen molar-refractivity contribution in [1.82, 2.24) is 0 Å². The molecule has 0 saturated heterocycles. The van der Waals surface area contributed by atoms with Crippen LogP contribution in [0.25, 0.3) is 0 Å². The third-order valence-electron chi connectivity index (χ3n) is 2.43. The fraction of sp³-hybridized carbons (Fsp3) is 0.133. The Balaban J connectivity index is 2.25. The van der Waals surface area contributed by atoms with Gasteiger partial charge in [0.05, 0.1) is 17.9 Å². The zero-order chi connectivity index (χ0) is 13.5. The van der Waals surface area contributed by atoms with Crippen LogP contribution in [-0.2, 0) is 4.74 Å². The Morgan fingerprint density at radius 3 is 2.42 bits per heavy atom. The predicted molar refractivity (Wildman–Crippen MR) is 73.0 cm³/mol. The van der Waals surface area contributed by atoms with Crippen LogP contribution in [0.2, 0.25) is 0 Å². The molecule has 0 fully saturated rings. The highest BCUT2D eigenvalue weighted by atomic mass is 16.5. The lowest BCUT2D eigenvalue weighted by atomic mass is 10.2. The Bertz CT molecular complexity index is 580. The van der Waals surface area contributed by atoms with Crippen molar-refractivity contribution in [2.45, 2.75) is 6.92 Å². The van der Waals surface area contributed by atoms with E-state index >= 15 is 0 Å². The summed E-state index contributed by atoms with van der Waals surface area (Å²) in [4.78, 5) is 11.8. The maximum Gasteiger partial charge on any atom is 0.340 e. The molecule has 4 heteroatoms. The molecule has 0 atom stereocenters. The summed E-state index contributed by atoms with van der Waals surface area (Å²) in [5, 5.41) is 8.20. The van der Waals surface area contributed by atoms with Crippen LogP contribution in [0.15, 0.2) is 64.8 Å². The molecule has 0 saturated carbocycles. The zero-order valence-electron chi connectivity index (χ0n) is 10.6. The molecule has 0 aliphatic carbocycles. The number of ether oxygens (including phenoxy) is 1. The Morgan fingerprint density at radius 1 is 1.00 bits per heavy atom. The molecule has 0 N–H and O–H groups in total. The molecule has 2 aromatic carbocycles. The van der Waals surface area contributed by atoms with E-state index in [4.69, 9.17) is 4.74 Å². The molecule has 0 amide bonds. The first-order valence-electron chi connectivity index (χ1n) is 6.04. The molecule has 96 valence electrons. The van der Waals surface area contributed by atoms with E-state index in [0.29, 0.717) is 17.9 Å². The molecule has 0 spiro atoms. The van der Waals surface area contributed by atoms with E-state index in [1.54, 1.807) is 25.1 Å². The quantitative estimate of drug-likeness (QED) is 0.604. The third-order valence-corrected chi connectivity index (χ3v) is 2.43. The largest absolute Gasteiger partial charge is 0.462 e. The summed E-state index contributed by atoms with van der Waals surface area (Å²) in [7, 11) is 0. The van der Waals surface area contributed by atoms with Gasteiger partial charge in [0, 0.05) is 0 Å². The van der Waals surface area contributed by atoms with E-state index in [0.717, 1.165) is 5.69 Å². The van der Waals surface area contributed by atoms with Crippen molar-refractivity contribution in [2.24, 2.45) is 10.2 Å². The van der Waals surface area contributed by atoms with E-state index in [1.165, 1.54) is 0 Å². The molecule has 2 rings (SSSR count). The number of hydrogen-bond donors (Lipinski definition) is 0. The molecule has 0 heterocycles. The second kappa shape index (κ2) is 6.44. The number of hydrogen-bond acceptors (Lipinski definition) is 4. The Kier molecular flexibility index (Phi) is 4.39. The van der Waals surface area contributed by atoms with Crippen molar-refractivity contribution in [1.29, 1.82) is 0 Å². The van der Waals surface area contributed by atoms with Crippen LogP contribution in [0.1, 0.15) is 17.3 Å². The van der Waals surface area contributed by atoms with E-state index < -0.39 is 0 Å². The smallest absolute Gasteiger partial charge is 0.340 e. The molecule has 0 aliphatic rings. The lowest BCUT2D eigenvalue weighted by molar-refractivity contribution is 0.0527. The number of rotatable bonds is 4. The van der Waals surface area contributed by atoms with E-state index in [-0.39, 0.29) is 5.97 Å². The summed E-state index contributed by atoms with van der Waals surface area (Å²) < 4.78 is 4.98. The highest BCUT2D eigenvalue weighted by Gasteiger charge is 2.11. The number of azo groups is 1. The number of benzene rings is 2. The van der Waals surface area contributed by atoms with Gasteiger partial charge in [-0.1, -0.05) is 30.3 Å². The van der Waals surface area contributed by atoms with Gasteiger partial charge >= 0.3 is 5.97 Å². The van der Waals surface area contributed by atoms with E-state index in [9.17, 15) is 4.79 Å². The first kappa shape index (κ1) is 13.0. The van der Waals surface area contributed by atoms with E-state index in [2.05, 4.69) is 10.2 Å². The van der Waals surface area contributed by atoms with Crippen molar-refractivity contribution in [2.75, 3.05) is 6.61 Å². The molecule has 19 heavy (non-hydrogen) atoms. The third kappa shape index (κ3) is 3.48. The van der Waals surface area contributed by atoms with Gasteiger partial charge in [-0.05, 0) is 31.2 Å². The van der Waals surface area contributed by atoms with Crippen molar-refractivity contribution >= 4 is 17.3 Å². The van der Waals surface area contributed by atoms with Gasteiger partial charge in [0.15, 0.2) is 0 Å². The second-order valence-corrected chi connectivity index (χ2v) is 3.77. The lowest BCUT2D eigenvalue weighted by Crippen LogP contribution is -2.04. The summed E-state index contributed by atoms with van der Waals surface area (Å²) in [5.41, 5.74) is 1.66. The monoisotopic (exact) mass is 254 g/mol. The van der Waals surface area contributed by atoms with Gasteiger partial charge in [0.25, 0.3) is 0 Å². The standard InChI is InChI=1S/C15H14N2O2/c1-2-19-15(18)13-10-6-7-11-14(13)17-16-12-8-4-3-5-9-12/h3-11H,2H2,1H3/b17-16+. The van der Waals surface area contributed by atoms with Crippen molar-refractivity contribution in [3.05, 3.63) is 60.2 Å². The van der Waals surface area contributed by atoms with E-state index in [1.807, 2.05) is 36.4 Å². The topological polar surface area (TPSA) is 51.0 Å². The van der Waals surface area contributed by atoms with Crippen LogP contribution in [0, 0.1) is 0 Å². The molecule has 0 aliphatic heterocycles. The average molecular weight is 254 g/mol. The Labute approximate surface area is 111 Å². The molecular weight excluding hydrogens is 240 g/mol. The minimum atomic E-state index is -0.384. The fourth-order valence-electron chi connectivity index (χ4n) is 1.55. The van der Waals surface area contributed by atoms with Gasteiger partial charge in [-0.3, -0.25) is 0 Å². The summed E-state index contributed by atoms with van der Waals surface area (Å²) in [5.74, 6) is -0.384. The van der Waals surface area contributed by atoms with Crippen LogP contribution < -0.4 is 0 Å². The number of esters is 1. The van der Waals surface area contributed by atoms with Crippen molar-refractivity contribution in [3.63, 3.8) is 0 Å². The molecular formula is C15H14N2O2. The summed E-state index contributed by atoms with van der Waals surface area (Å²) in [6, 6.07) is 16.3. The van der Waals surface area contributed by atoms with Crippen LogP contribution in [0.5, 0.6) is 0 Å². The number of carbonyl (C=O) groups excluding carboxylic acids is 1. The van der Waals surface area contributed by atoms with Gasteiger partial charge < -0.3 is 4.74 Å². The van der Waals surface area contributed by atoms with Gasteiger partial charge in [0.1, 0.15) is 5.69 Å². The molecule has 0 bridgehead atoms. The Morgan fingerprint density at radius 2 is 1.68 bits per heavy atom. The van der Waals surface area contributed by atoms with Gasteiger partial charge in [-0.25, -0.2) is 4.79 Å². The van der Waals surface area contributed by atoms with Gasteiger partial charge in [-0.15, -0.1) is 5.11 Å². The first-order valence-corrected chi connectivity index (χ1v) is 6.04. The van der Waals surface area contributed by atoms with Crippen molar-refractivity contribution in [3.8, 4) is 0 Å². The van der Waals surface area contributed by atoms with Gasteiger partial charge in [0.2, 0.25) is 0 Å². The predicted octanol–water partition coefficient (Wildman–Crippen LogP) is 4.28. The number of nitrogens with zero attached hydrogens (tertiary/aromatic N) is 2. The first-order chi connectivity index (χ1) is 9.31. The van der Waals surface area contributed by atoms with Crippen LogP contribution in [0.4, 0.5) is 11.4 Å². The van der Waals surface area contributed by atoms with Crippen LogP contribution in [-0.4, -0.2) is 12.6 Å².